The molecule has 66 valence electrons. The summed E-state index contributed by atoms with van der Waals surface area (Å²) < 4.78 is 0. The molecule has 0 aromatic heterocycles. The maximum Gasteiger partial charge on any atom is 0.222 e. The van der Waals surface area contributed by atoms with Gasteiger partial charge in [0.05, 0.1) is 0 Å². The van der Waals surface area contributed by atoms with Gasteiger partial charge in [0.25, 0.3) is 0 Å². The molecule has 1 amide bonds. The molecule has 0 aromatic rings. The first kappa shape index (κ1) is 10.7. The molecule has 0 aromatic carbocycles. The van der Waals surface area contributed by atoms with Gasteiger partial charge in [0.15, 0.2) is 0 Å². The molecule has 0 atom stereocenters. The number of hydrogen-bond acceptors (Lipinski definition) is 1. The fourth-order valence-electron chi connectivity index (χ4n) is 1.04. The fourth-order valence-corrected chi connectivity index (χ4v) is 1.04. The van der Waals surface area contributed by atoms with Gasteiger partial charge in [-0.15, -0.1) is 0 Å². The van der Waals surface area contributed by atoms with Crippen LogP contribution in [0.25, 0.3) is 0 Å². The van der Waals surface area contributed by atoms with Gasteiger partial charge < -0.3 is 4.90 Å². The highest BCUT2D eigenvalue weighted by Gasteiger charge is 2.16. The normalized spacial score (nSPS) is 16.3. The molecule has 0 unspecified atom stereocenters. The van der Waals surface area contributed by atoms with Gasteiger partial charge in [0.1, 0.15) is 0 Å². The van der Waals surface area contributed by atoms with E-state index in [1.165, 1.54) is 0 Å². The minimum Gasteiger partial charge on any atom is -0.343 e. The summed E-state index contributed by atoms with van der Waals surface area (Å²) in [5, 5.41) is 0. The molecular weight excluding hydrogens is 154 g/mol. The number of rotatable bonds is 1. The van der Waals surface area contributed by atoms with E-state index in [1.54, 1.807) is 0 Å². The summed E-state index contributed by atoms with van der Waals surface area (Å²) in [7, 11) is 0.417. The predicted molar refractivity (Wildman–Crippen MR) is 51.8 cm³/mol. The molecule has 1 fully saturated rings. The van der Waals surface area contributed by atoms with Gasteiger partial charge >= 0.3 is 0 Å². The number of nitrogens with zero attached hydrogens (tertiary/aromatic N) is 1. The Labute approximate surface area is 71.8 Å². The number of hydrogen-bond donors (Lipinski definition) is 0. The van der Waals surface area contributed by atoms with Crippen LogP contribution in [0, 0.1) is 0 Å². The molecule has 1 heterocycles. The lowest BCUT2D eigenvalue weighted by molar-refractivity contribution is -0.127. The Balaban J connectivity index is 0.000000292. The lowest BCUT2D eigenvalue weighted by atomic mass is 10.4. The van der Waals surface area contributed by atoms with Crippen molar-refractivity contribution in [3.63, 3.8) is 0 Å². The average molecular weight is 173 g/mol. The van der Waals surface area contributed by atoms with Crippen LogP contribution < -0.4 is 0 Å². The molecule has 11 heavy (non-hydrogen) atoms. The summed E-state index contributed by atoms with van der Waals surface area (Å²) in [4.78, 5) is 12.6. The van der Waals surface area contributed by atoms with Gasteiger partial charge in [-0.25, -0.2) is 0 Å². The Hall–Kier alpha value is -0.313. The van der Waals surface area contributed by atoms with Crippen molar-refractivity contribution in [3.05, 3.63) is 0 Å². The number of carbonyl (C=O) groups is 1. The summed E-state index contributed by atoms with van der Waals surface area (Å²) in [5.41, 5.74) is 0. The molecule has 3 heteroatoms. The van der Waals surface area contributed by atoms with E-state index >= 15 is 0 Å². The Morgan fingerprint density at radius 2 is 2.09 bits per heavy atom. The molecule has 1 aliphatic rings. The van der Waals surface area contributed by atoms with Crippen LogP contribution in [-0.4, -0.2) is 33.4 Å². The maximum atomic E-state index is 10.7. The fraction of sp³-hybridized carbons (Fsp3) is 0.875. The summed E-state index contributed by atoms with van der Waals surface area (Å²) >= 11 is 0. The molecule has 0 saturated carbocycles. The quantitative estimate of drug-likeness (QED) is 0.539. The number of amides is 1. The van der Waals surface area contributed by atoms with E-state index in [-0.39, 0.29) is 0 Å². The third-order valence-corrected chi connectivity index (χ3v) is 1.55. The van der Waals surface area contributed by atoms with Crippen molar-refractivity contribution >= 4 is 15.4 Å². The molecule has 2 nitrogen and oxygen atoms in total. The molecule has 1 saturated heterocycles. The molecule has 1 aliphatic heterocycles. The summed E-state index contributed by atoms with van der Waals surface area (Å²) in [6.07, 6.45) is 1.83. The summed E-state index contributed by atoms with van der Waals surface area (Å²) in [5.74, 6) is 0.326. The zero-order chi connectivity index (χ0) is 8.69. The highest BCUT2D eigenvalue weighted by Crippen LogP contribution is 2.07. The van der Waals surface area contributed by atoms with Crippen molar-refractivity contribution in [2.45, 2.75) is 32.9 Å². The molecular formula is C8H19NOSi. The summed E-state index contributed by atoms with van der Waals surface area (Å²) in [6, 6.07) is 0. The van der Waals surface area contributed by atoms with Crippen molar-refractivity contribution in [2.24, 2.45) is 0 Å². The van der Waals surface area contributed by atoms with E-state index in [2.05, 4.69) is 13.1 Å². The van der Waals surface area contributed by atoms with Crippen molar-refractivity contribution in [1.29, 1.82) is 0 Å². The van der Waals surface area contributed by atoms with Crippen LogP contribution in [0.15, 0.2) is 0 Å². The summed E-state index contributed by atoms with van der Waals surface area (Å²) in [6.45, 7) is 8.41. The van der Waals surface area contributed by atoms with E-state index in [1.807, 2.05) is 11.8 Å². The number of likely N-dealkylation sites (tertiary alicyclic amines) is 1. The first-order valence-electron chi connectivity index (χ1n) is 4.54. The Bertz CT molecular complexity index is 117. The zero-order valence-corrected chi connectivity index (χ0v) is 9.31. The molecule has 0 bridgehead atoms. The third-order valence-electron chi connectivity index (χ3n) is 1.55. The second-order valence-electron chi connectivity index (χ2n) is 2.78. The van der Waals surface area contributed by atoms with Crippen LogP contribution in [0.4, 0.5) is 0 Å². The second-order valence-corrected chi connectivity index (χ2v) is 4.20. The maximum absolute atomic E-state index is 10.7. The van der Waals surface area contributed by atoms with E-state index in [0.29, 0.717) is 15.4 Å². The third kappa shape index (κ3) is 4.19. The first-order valence-corrected chi connectivity index (χ1v) is 7.36. The largest absolute Gasteiger partial charge is 0.343 e. The van der Waals surface area contributed by atoms with Crippen LogP contribution in [0.1, 0.15) is 19.8 Å². The predicted octanol–water partition coefficient (Wildman–Crippen LogP) is 0.880. The van der Waals surface area contributed by atoms with Gasteiger partial charge in [-0.3, -0.25) is 4.79 Å². The number of carbonyl (C=O) groups excluding carboxylic acids is 1. The van der Waals surface area contributed by atoms with Crippen LogP contribution in [0.5, 0.6) is 0 Å². The lowest BCUT2D eigenvalue weighted by Gasteiger charge is -2.10. The smallest absolute Gasteiger partial charge is 0.222 e. The van der Waals surface area contributed by atoms with Crippen molar-refractivity contribution in [3.8, 4) is 0 Å². The van der Waals surface area contributed by atoms with Gasteiger partial charge in [-0.2, -0.15) is 0 Å². The molecule has 0 radical (unpaired) electrons. The van der Waals surface area contributed by atoms with Gasteiger partial charge in [-0.1, -0.05) is 13.1 Å². The van der Waals surface area contributed by atoms with E-state index in [9.17, 15) is 4.79 Å². The molecule has 0 spiro atoms. The minimum absolute atomic E-state index is 0.326. The van der Waals surface area contributed by atoms with Crippen molar-refractivity contribution in [1.82, 2.24) is 4.90 Å². The van der Waals surface area contributed by atoms with Gasteiger partial charge in [0.2, 0.25) is 5.91 Å². The Kier molecular flexibility index (Phi) is 6.22. The molecule has 0 N–H and O–H groups in total. The Morgan fingerprint density at radius 1 is 1.55 bits per heavy atom. The SMILES string of the molecule is CCN1CCCC1=O.C[SiH2]C. The van der Waals surface area contributed by atoms with Crippen LogP contribution >= 0.6 is 0 Å². The van der Waals surface area contributed by atoms with E-state index < -0.39 is 0 Å². The minimum atomic E-state index is 0.326. The highest BCUT2D eigenvalue weighted by atomic mass is 28.2. The van der Waals surface area contributed by atoms with E-state index in [4.69, 9.17) is 0 Å². The van der Waals surface area contributed by atoms with E-state index in [0.717, 1.165) is 25.9 Å². The Morgan fingerprint density at radius 3 is 2.27 bits per heavy atom. The lowest BCUT2D eigenvalue weighted by Crippen LogP contribution is -2.23. The monoisotopic (exact) mass is 173 g/mol. The van der Waals surface area contributed by atoms with Crippen molar-refractivity contribution in [2.75, 3.05) is 13.1 Å². The molecule has 0 aliphatic carbocycles. The van der Waals surface area contributed by atoms with Crippen LogP contribution in [-0.2, 0) is 4.79 Å². The average Bonchev–Trinajstić information content (AvgIpc) is 2.36. The van der Waals surface area contributed by atoms with Gasteiger partial charge in [-0.05, 0) is 13.3 Å². The van der Waals surface area contributed by atoms with Crippen LogP contribution in [0.3, 0.4) is 0 Å². The van der Waals surface area contributed by atoms with Gasteiger partial charge in [0, 0.05) is 29.0 Å². The zero-order valence-electron chi connectivity index (χ0n) is 7.89. The highest BCUT2D eigenvalue weighted by molar-refractivity contribution is 6.31. The van der Waals surface area contributed by atoms with Crippen molar-refractivity contribution < 1.29 is 4.79 Å². The molecule has 1 rings (SSSR count). The van der Waals surface area contributed by atoms with Crippen LogP contribution in [0.2, 0.25) is 13.1 Å². The second kappa shape index (κ2) is 6.40. The topological polar surface area (TPSA) is 20.3 Å². The first-order chi connectivity index (χ1) is 5.26. The standard InChI is InChI=1S/C6H11NO.C2H8Si/c1-2-7-5-3-4-6(7)8;1-3-2/h2-5H2,1H3;3H2,1-2H3.